The van der Waals surface area contributed by atoms with Gasteiger partial charge in [0.2, 0.25) is 0 Å². The average molecular weight is 255 g/mol. The van der Waals surface area contributed by atoms with Gasteiger partial charge in [-0.3, -0.25) is 4.79 Å². The summed E-state index contributed by atoms with van der Waals surface area (Å²) < 4.78 is 0. The van der Waals surface area contributed by atoms with Crippen molar-refractivity contribution in [1.29, 1.82) is 0 Å². The molecule has 5 heteroatoms. The summed E-state index contributed by atoms with van der Waals surface area (Å²) >= 11 is 1.43. The monoisotopic (exact) mass is 255 g/mol. The maximum absolute atomic E-state index is 11.8. The quantitative estimate of drug-likeness (QED) is 0.867. The molecule has 1 atom stereocenters. The molecule has 0 aliphatic rings. The number of nitrogens with one attached hydrogen (secondary N) is 1. The molecule has 96 valence electrons. The second-order valence-corrected chi connectivity index (χ2v) is 6.32. The van der Waals surface area contributed by atoms with Gasteiger partial charge in [0.1, 0.15) is 10.7 Å². The Kier molecular flexibility index (Phi) is 4.65. The zero-order valence-electron chi connectivity index (χ0n) is 10.9. The van der Waals surface area contributed by atoms with Crippen molar-refractivity contribution < 1.29 is 4.79 Å². The molecule has 0 aromatic carbocycles. The van der Waals surface area contributed by atoms with Crippen LogP contribution in [0.2, 0.25) is 0 Å². The van der Waals surface area contributed by atoms with Gasteiger partial charge in [-0.2, -0.15) is 0 Å². The Labute approximate surface area is 107 Å². The largest absolute Gasteiger partial charge is 0.351 e. The first kappa shape index (κ1) is 14.1. The van der Waals surface area contributed by atoms with Crippen LogP contribution in [0.3, 0.4) is 0 Å². The lowest BCUT2D eigenvalue weighted by Crippen LogP contribution is -2.27. The fourth-order valence-corrected chi connectivity index (χ4v) is 2.00. The van der Waals surface area contributed by atoms with E-state index < -0.39 is 0 Å². The normalized spacial score (nSPS) is 13.5. The average Bonchev–Trinajstić information content (AvgIpc) is 2.63. The molecule has 1 aromatic rings. The standard InChI is InChI=1S/C12H21N3OS/c1-8(13)11-15-9(7-17-11)10(16)14-6-5-12(2,3)4/h7-8H,5-6,13H2,1-4H3,(H,14,16). The topological polar surface area (TPSA) is 68.0 Å². The van der Waals surface area contributed by atoms with Gasteiger partial charge in [0.05, 0.1) is 6.04 Å². The van der Waals surface area contributed by atoms with Crippen molar-refractivity contribution in [3.63, 3.8) is 0 Å². The highest BCUT2D eigenvalue weighted by Gasteiger charge is 2.14. The van der Waals surface area contributed by atoms with E-state index in [1.54, 1.807) is 5.38 Å². The zero-order chi connectivity index (χ0) is 13.1. The molecule has 0 saturated heterocycles. The van der Waals surface area contributed by atoms with Gasteiger partial charge < -0.3 is 11.1 Å². The van der Waals surface area contributed by atoms with Gasteiger partial charge in [0, 0.05) is 11.9 Å². The summed E-state index contributed by atoms with van der Waals surface area (Å²) in [5, 5.41) is 5.42. The number of hydrogen-bond acceptors (Lipinski definition) is 4. The van der Waals surface area contributed by atoms with Gasteiger partial charge in [0.15, 0.2) is 0 Å². The van der Waals surface area contributed by atoms with E-state index in [1.165, 1.54) is 11.3 Å². The second-order valence-electron chi connectivity index (χ2n) is 5.43. The molecule has 0 bridgehead atoms. The zero-order valence-corrected chi connectivity index (χ0v) is 11.7. The van der Waals surface area contributed by atoms with Crippen LogP contribution in [0.25, 0.3) is 0 Å². The molecule has 0 aliphatic heterocycles. The number of nitrogens with zero attached hydrogens (tertiary/aromatic N) is 1. The molecule has 0 radical (unpaired) electrons. The molecular formula is C12H21N3OS. The van der Waals surface area contributed by atoms with Crippen molar-refractivity contribution in [3.05, 3.63) is 16.1 Å². The number of thiazole rings is 1. The van der Waals surface area contributed by atoms with Gasteiger partial charge in [0.25, 0.3) is 5.91 Å². The van der Waals surface area contributed by atoms with E-state index in [4.69, 9.17) is 5.73 Å². The smallest absolute Gasteiger partial charge is 0.270 e. The van der Waals surface area contributed by atoms with E-state index in [2.05, 4.69) is 31.1 Å². The Balaban J connectivity index is 2.47. The van der Waals surface area contributed by atoms with Crippen LogP contribution >= 0.6 is 11.3 Å². The molecular weight excluding hydrogens is 234 g/mol. The number of rotatable bonds is 4. The molecule has 0 saturated carbocycles. The van der Waals surface area contributed by atoms with Crippen molar-refractivity contribution in [2.75, 3.05) is 6.54 Å². The molecule has 1 aromatic heterocycles. The molecule has 0 spiro atoms. The Morgan fingerprint density at radius 2 is 2.24 bits per heavy atom. The fourth-order valence-electron chi connectivity index (χ4n) is 1.24. The molecule has 0 fully saturated rings. The van der Waals surface area contributed by atoms with E-state index in [0.717, 1.165) is 11.4 Å². The van der Waals surface area contributed by atoms with Crippen molar-refractivity contribution in [2.45, 2.75) is 40.2 Å². The van der Waals surface area contributed by atoms with Crippen LogP contribution in [0.15, 0.2) is 5.38 Å². The third kappa shape index (κ3) is 4.83. The molecule has 1 amide bonds. The number of amides is 1. The first-order valence-electron chi connectivity index (χ1n) is 5.79. The van der Waals surface area contributed by atoms with Gasteiger partial charge in [-0.25, -0.2) is 4.98 Å². The van der Waals surface area contributed by atoms with Gasteiger partial charge in [-0.1, -0.05) is 20.8 Å². The Bertz CT molecular complexity index is 379. The fraction of sp³-hybridized carbons (Fsp3) is 0.667. The highest BCUT2D eigenvalue weighted by molar-refractivity contribution is 7.09. The van der Waals surface area contributed by atoms with Crippen LogP contribution in [0.1, 0.15) is 55.7 Å². The molecule has 1 rings (SSSR count). The number of hydrogen-bond donors (Lipinski definition) is 2. The first-order chi connectivity index (χ1) is 7.79. The van der Waals surface area contributed by atoms with E-state index in [-0.39, 0.29) is 17.4 Å². The van der Waals surface area contributed by atoms with Crippen molar-refractivity contribution in [1.82, 2.24) is 10.3 Å². The summed E-state index contributed by atoms with van der Waals surface area (Å²) in [5.74, 6) is -0.114. The molecule has 1 unspecified atom stereocenters. The summed E-state index contributed by atoms with van der Waals surface area (Å²) in [6.45, 7) is 8.98. The minimum Gasteiger partial charge on any atom is -0.351 e. The molecule has 3 N–H and O–H groups in total. The molecule has 4 nitrogen and oxygen atoms in total. The Morgan fingerprint density at radius 1 is 1.59 bits per heavy atom. The number of carbonyl (C=O) groups is 1. The van der Waals surface area contributed by atoms with Crippen LogP contribution in [-0.4, -0.2) is 17.4 Å². The van der Waals surface area contributed by atoms with Crippen LogP contribution in [-0.2, 0) is 0 Å². The molecule has 0 aliphatic carbocycles. The minimum absolute atomic E-state index is 0.114. The van der Waals surface area contributed by atoms with Crippen LogP contribution in [0.4, 0.5) is 0 Å². The van der Waals surface area contributed by atoms with E-state index in [9.17, 15) is 4.79 Å². The third-order valence-corrected chi connectivity index (χ3v) is 3.35. The highest BCUT2D eigenvalue weighted by atomic mass is 32.1. The number of aromatic nitrogens is 1. The Morgan fingerprint density at radius 3 is 2.71 bits per heavy atom. The van der Waals surface area contributed by atoms with Crippen LogP contribution in [0.5, 0.6) is 0 Å². The minimum atomic E-state index is -0.115. The predicted molar refractivity (Wildman–Crippen MR) is 71.1 cm³/mol. The summed E-state index contributed by atoms with van der Waals surface area (Å²) in [6.07, 6.45) is 0.947. The van der Waals surface area contributed by atoms with Gasteiger partial charge in [-0.05, 0) is 18.8 Å². The maximum Gasteiger partial charge on any atom is 0.270 e. The third-order valence-electron chi connectivity index (χ3n) is 2.30. The van der Waals surface area contributed by atoms with Crippen molar-refractivity contribution >= 4 is 17.2 Å². The predicted octanol–water partition coefficient (Wildman–Crippen LogP) is 2.33. The van der Waals surface area contributed by atoms with Crippen LogP contribution in [0, 0.1) is 5.41 Å². The van der Waals surface area contributed by atoms with E-state index in [0.29, 0.717) is 12.2 Å². The lowest BCUT2D eigenvalue weighted by Gasteiger charge is -2.17. The maximum atomic E-state index is 11.8. The van der Waals surface area contributed by atoms with Crippen molar-refractivity contribution in [3.8, 4) is 0 Å². The SMILES string of the molecule is CC(N)c1nc(C(=O)NCCC(C)(C)C)cs1. The van der Waals surface area contributed by atoms with E-state index >= 15 is 0 Å². The van der Waals surface area contributed by atoms with Gasteiger partial charge in [-0.15, -0.1) is 11.3 Å². The lowest BCUT2D eigenvalue weighted by molar-refractivity contribution is 0.0945. The molecule has 1 heterocycles. The number of carbonyl (C=O) groups excluding carboxylic acids is 1. The summed E-state index contributed by atoms with van der Waals surface area (Å²) in [7, 11) is 0. The number of nitrogens with two attached hydrogens (primary N) is 1. The highest BCUT2D eigenvalue weighted by Crippen LogP contribution is 2.18. The first-order valence-corrected chi connectivity index (χ1v) is 6.67. The van der Waals surface area contributed by atoms with Crippen molar-refractivity contribution in [2.24, 2.45) is 11.1 Å². The van der Waals surface area contributed by atoms with E-state index in [1.807, 2.05) is 6.92 Å². The lowest BCUT2D eigenvalue weighted by atomic mass is 9.92. The summed E-state index contributed by atoms with van der Waals surface area (Å²) in [4.78, 5) is 16.0. The molecule has 17 heavy (non-hydrogen) atoms. The Hall–Kier alpha value is -0.940. The summed E-state index contributed by atoms with van der Waals surface area (Å²) in [5.41, 5.74) is 6.40. The van der Waals surface area contributed by atoms with Crippen LogP contribution < -0.4 is 11.1 Å². The van der Waals surface area contributed by atoms with Gasteiger partial charge >= 0.3 is 0 Å². The summed E-state index contributed by atoms with van der Waals surface area (Å²) in [6, 6.07) is -0.115. The second kappa shape index (κ2) is 5.60.